The quantitative estimate of drug-likeness (QED) is 0.172. The molecule has 0 fully saturated rings. The summed E-state index contributed by atoms with van der Waals surface area (Å²) in [6, 6.07) is 56.9. The van der Waals surface area contributed by atoms with Gasteiger partial charge in [-0.2, -0.15) is 0 Å². The Bertz CT molecular complexity index is 2560. The summed E-state index contributed by atoms with van der Waals surface area (Å²) in [4.78, 5) is 9.23. The first-order valence-electron chi connectivity index (χ1n) is 16.9. The highest BCUT2D eigenvalue weighted by Crippen LogP contribution is 2.44. The molecule has 0 aliphatic carbocycles. The van der Waals surface area contributed by atoms with Gasteiger partial charge in [0.25, 0.3) is 0 Å². The van der Waals surface area contributed by atoms with Crippen molar-refractivity contribution in [3.05, 3.63) is 176 Å². The van der Waals surface area contributed by atoms with E-state index in [2.05, 4.69) is 168 Å². The first-order chi connectivity index (χ1) is 24.3. The van der Waals surface area contributed by atoms with Crippen molar-refractivity contribution in [1.29, 1.82) is 0 Å². The summed E-state index contributed by atoms with van der Waals surface area (Å²) in [7, 11) is 0. The van der Waals surface area contributed by atoms with Crippen LogP contribution in [0.1, 0.15) is 12.7 Å². The molecule has 0 unspecified atom stereocenters. The SMILES string of the molecule is CCc1nc2ccccc2n1-c1ccc(-c2ccc(-c3c4ccccc4c(-c4cccc(-c5cccnc5)c4)c4ccccc34)cc2)cc1. The maximum Gasteiger partial charge on any atom is 0.114 e. The first kappa shape index (κ1) is 28.9. The van der Waals surface area contributed by atoms with E-state index in [1.165, 1.54) is 54.9 Å². The van der Waals surface area contributed by atoms with Gasteiger partial charge in [0.05, 0.1) is 11.0 Å². The van der Waals surface area contributed by atoms with E-state index in [1.807, 2.05) is 18.5 Å². The normalized spacial score (nSPS) is 11.4. The maximum atomic E-state index is 4.87. The number of hydrogen-bond acceptors (Lipinski definition) is 2. The Balaban J connectivity index is 1.13. The van der Waals surface area contributed by atoms with Crippen LogP contribution in [0.4, 0.5) is 0 Å². The highest BCUT2D eigenvalue weighted by atomic mass is 15.1. The standard InChI is InChI=1S/C46H33N3/c1-2-44-48-42-18-7-8-19-43(42)49(44)37-26-24-32(25-27-37)31-20-22-33(23-21-31)45-38-14-3-5-16-40(38)46(41-17-6-4-15-39(41)45)35-12-9-11-34(29-35)36-13-10-28-47-30-36/h3-30H,2H2,1H3. The molecule has 0 bridgehead atoms. The Labute approximate surface area is 285 Å². The molecule has 9 rings (SSSR count). The van der Waals surface area contributed by atoms with Gasteiger partial charge in [0, 0.05) is 30.1 Å². The van der Waals surface area contributed by atoms with Crippen molar-refractivity contribution >= 4 is 32.6 Å². The zero-order chi connectivity index (χ0) is 32.7. The Kier molecular flexibility index (Phi) is 7.09. The number of para-hydroxylation sites is 2. The molecule has 2 heterocycles. The third kappa shape index (κ3) is 4.99. The fourth-order valence-electron chi connectivity index (χ4n) is 7.37. The molecule has 9 aromatic rings. The van der Waals surface area contributed by atoms with Gasteiger partial charge in [-0.25, -0.2) is 4.98 Å². The molecule has 0 aliphatic heterocycles. The minimum absolute atomic E-state index is 0.875. The lowest BCUT2D eigenvalue weighted by molar-refractivity contribution is 0.908. The molecule has 49 heavy (non-hydrogen) atoms. The number of hydrogen-bond donors (Lipinski definition) is 0. The first-order valence-corrected chi connectivity index (χ1v) is 16.9. The van der Waals surface area contributed by atoms with Crippen LogP contribution in [0.15, 0.2) is 170 Å². The van der Waals surface area contributed by atoms with E-state index in [9.17, 15) is 0 Å². The summed E-state index contributed by atoms with van der Waals surface area (Å²) in [5.41, 5.74) is 12.9. The second kappa shape index (κ2) is 12.0. The van der Waals surface area contributed by atoms with Crippen LogP contribution in [0.2, 0.25) is 0 Å². The van der Waals surface area contributed by atoms with Crippen molar-refractivity contribution in [3.8, 4) is 50.2 Å². The van der Waals surface area contributed by atoms with Crippen LogP contribution in [0.25, 0.3) is 82.8 Å². The van der Waals surface area contributed by atoms with E-state index in [4.69, 9.17) is 4.98 Å². The van der Waals surface area contributed by atoms with E-state index in [-0.39, 0.29) is 0 Å². The molecule has 0 atom stereocenters. The summed E-state index contributed by atoms with van der Waals surface area (Å²) in [6.45, 7) is 2.16. The number of benzene rings is 7. The van der Waals surface area contributed by atoms with Crippen molar-refractivity contribution in [2.75, 3.05) is 0 Å². The number of nitrogens with zero attached hydrogens (tertiary/aromatic N) is 3. The van der Waals surface area contributed by atoms with Crippen molar-refractivity contribution in [3.63, 3.8) is 0 Å². The van der Waals surface area contributed by atoms with Gasteiger partial charge < -0.3 is 0 Å². The van der Waals surface area contributed by atoms with Gasteiger partial charge in [0.1, 0.15) is 5.82 Å². The molecule has 7 aromatic carbocycles. The lowest BCUT2D eigenvalue weighted by Gasteiger charge is -2.18. The molecule has 3 nitrogen and oxygen atoms in total. The molecule has 0 aliphatic rings. The Morgan fingerprint density at radius 2 is 1.02 bits per heavy atom. The average molecular weight is 628 g/mol. The fraction of sp³-hybridized carbons (Fsp3) is 0.0435. The van der Waals surface area contributed by atoms with Crippen LogP contribution in [0.3, 0.4) is 0 Å². The van der Waals surface area contributed by atoms with Crippen LogP contribution >= 0.6 is 0 Å². The monoisotopic (exact) mass is 627 g/mol. The van der Waals surface area contributed by atoms with E-state index in [0.717, 1.165) is 40.1 Å². The molecule has 0 radical (unpaired) electrons. The van der Waals surface area contributed by atoms with Gasteiger partial charge >= 0.3 is 0 Å². The molecular formula is C46H33N3. The van der Waals surface area contributed by atoms with E-state index < -0.39 is 0 Å². The molecule has 3 heteroatoms. The summed E-state index contributed by atoms with van der Waals surface area (Å²) >= 11 is 0. The molecule has 0 amide bonds. The molecular weight excluding hydrogens is 595 g/mol. The zero-order valence-electron chi connectivity index (χ0n) is 27.2. The average Bonchev–Trinajstić information content (AvgIpc) is 3.56. The summed E-state index contributed by atoms with van der Waals surface area (Å²) in [5, 5.41) is 4.99. The molecule has 232 valence electrons. The number of fused-ring (bicyclic) bond motifs is 3. The van der Waals surface area contributed by atoms with Crippen molar-refractivity contribution in [2.24, 2.45) is 0 Å². The summed E-state index contributed by atoms with van der Waals surface area (Å²) in [6.07, 6.45) is 4.63. The van der Waals surface area contributed by atoms with Crippen LogP contribution in [-0.4, -0.2) is 14.5 Å². The molecule has 0 saturated heterocycles. The predicted octanol–water partition coefficient (Wildman–Crippen LogP) is 12.0. The minimum atomic E-state index is 0.875. The van der Waals surface area contributed by atoms with Gasteiger partial charge in [0.2, 0.25) is 0 Å². The largest absolute Gasteiger partial charge is 0.296 e. The molecule has 2 aromatic heterocycles. The Morgan fingerprint density at radius 1 is 0.469 bits per heavy atom. The van der Waals surface area contributed by atoms with Crippen LogP contribution < -0.4 is 0 Å². The van der Waals surface area contributed by atoms with Crippen LogP contribution in [-0.2, 0) is 6.42 Å². The van der Waals surface area contributed by atoms with Gasteiger partial charge in [0.15, 0.2) is 0 Å². The van der Waals surface area contributed by atoms with Crippen LogP contribution in [0, 0.1) is 0 Å². The Hall–Kier alpha value is -6.32. The molecule has 0 saturated carbocycles. The topological polar surface area (TPSA) is 30.7 Å². The highest BCUT2D eigenvalue weighted by Gasteiger charge is 2.17. The van der Waals surface area contributed by atoms with Gasteiger partial charge in [-0.3, -0.25) is 9.55 Å². The van der Waals surface area contributed by atoms with E-state index >= 15 is 0 Å². The van der Waals surface area contributed by atoms with E-state index in [0.29, 0.717) is 0 Å². The smallest absolute Gasteiger partial charge is 0.114 e. The fourth-order valence-corrected chi connectivity index (χ4v) is 7.37. The van der Waals surface area contributed by atoms with Crippen molar-refractivity contribution in [2.45, 2.75) is 13.3 Å². The predicted molar refractivity (Wildman–Crippen MR) is 205 cm³/mol. The zero-order valence-corrected chi connectivity index (χ0v) is 27.2. The third-order valence-corrected chi connectivity index (χ3v) is 9.66. The number of rotatable bonds is 6. The number of aromatic nitrogens is 3. The van der Waals surface area contributed by atoms with Gasteiger partial charge in [-0.15, -0.1) is 0 Å². The molecule has 0 spiro atoms. The third-order valence-electron chi connectivity index (χ3n) is 9.66. The number of pyridine rings is 1. The second-order valence-corrected chi connectivity index (χ2v) is 12.5. The van der Waals surface area contributed by atoms with Crippen molar-refractivity contribution < 1.29 is 0 Å². The van der Waals surface area contributed by atoms with Gasteiger partial charge in [-0.05, 0) is 96.9 Å². The lowest BCUT2D eigenvalue weighted by Crippen LogP contribution is -1.99. The molecule has 0 N–H and O–H groups in total. The minimum Gasteiger partial charge on any atom is -0.296 e. The van der Waals surface area contributed by atoms with Crippen LogP contribution in [0.5, 0.6) is 0 Å². The maximum absolute atomic E-state index is 4.87. The van der Waals surface area contributed by atoms with E-state index in [1.54, 1.807) is 0 Å². The summed E-state index contributed by atoms with van der Waals surface area (Å²) < 4.78 is 2.28. The highest BCUT2D eigenvalue weighted by molar-refractivity contribution is 6.21. The van der Waals surface area contributed by atoms with Gasteiger partial charge in [-0.1, -0.05) is 128 Å². The summed E-state index contributed by atoms with van der Waals surface area (Å²) in [5.74, 6) is 1.07. The number of aryl methyl sites for hydroxylation is 1. The second-order valence-electron chi connectivity index (χ2n) is 12.5. The van der Waals surface area contributed by atoms with Crippen molar-refractivity contribution in [1.82, 2.24) is 14.5 Å². The lowest BCUT2D eigenvalue weighted by atomic mass is 9.85. The Morgan fingerprint density at radius 3 is 1.65 bits per heavy atom. The number of imidazole rings is 1.